The van der Waals surface area contributed by atoms with Crippen molar-refractivity contribution < 1.29 is 14.4 Å². The topological polar surface area (TPSA) is 78.5 Å². The van der Waals surface area contributed by atoms with Crippen LogP contribution in [0.25, 0.3) is 11.1 Å². The zero-order valence-electron chi connectivity index (χ0n) is 21.7. The summed E-state index contributed by atoms with van der Waals surface area (Å²) in [5.74, 6) is -0.311. The molecule has 0 spiro atoms. The third kappa shape index (κ3) is 6.00. The lowest BCUT2D eigenvalue weighted by molar-refractivity contribution is -0.142. The van der Waals surface area contributed by atoms with Gasteiger partial charge in [0.1, 0.15) is 17.1 Å². The molecule has 1 aliphatic carbocycles. The van der Waals surface area contributed by atoms with E-state index in [0.29, 0.717) is 13.0 Å². The number of nitrogens with one attached hydrogen (secondary N) is 2. The van der Waals surface area contributed by atoms with Crippen LogP contribution in [0.4, 0.5) is 5.00 Å². The number of hydrogen-bond acceptors (Lipinski definition) is 4. The van der Waals surface area contributed by atoms with Crippen LogP contribution in [0.5, 0.6) is 0 Å². The number of likely N-dealkylation sites (tertiary alicyclic amines) is 1. The lowest BCUT2D eigenvalue weighted by Gasteiger charge is -2.35. The Hall–Kier alpha value is -2.67. The molecule has 36 heavy (non-hydrogen) atoms. The zero-order valence-corrected chi connectivity index (χ0v) is 22.5. The van der Waals surface area contributed by atoms with Crippen LogP contribution < -0.4 is 10.6 Å². The molecule has 2 aliphatic rings. The molecule has 2 aromatic rings. The minimum absolute atomic E-state index is 0.0665. The summed E-state index contributed by atoms with van der Waals surface area (Å²) in [5.41, 5.74) is 2.06. The molecule has 7 heteroatoms. The SMILES string of the molecule is CC[C@@H](C)C(=O)N[C@H](C(=O)N1CCC[C@H]1C(=O)Nc1sc(C)cc1-c1ccccc1)C1CCCCC1. The molecule has 1 saturated carbocycles. The molecule has 2 heterocycles. The number of carbonyl (C=O) groups is 3. The van der Waals surface area contributed by atoms with Gasteiger partial charge in [0, 0.05) is 22.9 Å². The molecule has 1 aromatic heterocycles. The molecular formula is C29H39N3O3S. The van der Waals surface area contributed by atoms with Gasteiger partial charge in [0.25, 0.3) is 0 Å². The number of thiophene rings is 1. The lowest BCUT2D eigenvalue weighted by Crippen LogP contribution is -2.56. The summed E-state index contributed by atoms with van der Waals surface area (Å²) in [6.07, 6.45) is 7.38. The van der Waals surface area contributed by atoms with Gasteiger partial charge >= 0.3 is 0 Å². The average molecular weight is 510 g/mol. The summed E-state index contributed by atoms with van der Waals surface area (Å²) in [5, 5.41) is 7.06. The lowest BCUT2D eigenvalue weighted by atomic mass is 9.83. The van der Waals surface area contributed by atoms with Crippen LogP contribution in [0.1, 0.15) is 70.1 Å². The molecule has 3 atom stereocenters. The Balaban J connectivity index is 1.52. The number of amides is 3. The van der Waals surface area contributed by atoms with E-state index in [1.165, 1.54) is 6.42 Å². The number of rotatable bonds is 8. The first kappa shape index (κ1) is 26.4. The van der Waals surface area contributed by atoms with E-state index in [2.05, 4.69) is 16.7 Å². The zero-order chi connectivity index (χ0) is 25.7. The highest BCUT2D eigenvalue weighted by Gasteiger charge is 2.41. The summed E-state index contributed by atoms with van der Waals surface area (Å²) >= 11 is 1.56. The van der Waals surface area contributed by atoms with Gasteiger partial charge in [-0.15, -0.1) is 11.3 Å². The normalized spacial score (nSPS) is 20.1. The number of anilines is 1. The van der Waals surface area contributed by atoms with Crippen molar-refractivity contribution in [1.82, 2.24) is 10.2 Å². The summed E-state index contributed by atoms with van der Waals surface area (Å²) in [6, 6.07) is 11.1. The van der Waals surface area contributed by atoms with E-state index >= 15 is 0 Å². The fourth-order valence-corrected chi connectivity index (χ4v) is 6.38. The van der Waals surface area contributed by atoms with Crippen LogP contribution in [0.15, 0.2) is 36.4 Å². The monoisotopic (exact) mass is 509 g/mol. The molecule has 2 fully saturated rings. The highest BCUT2D eigenvalue weighted by Crippen LogP contribution is 2.37. The van der Waals surface area contributed by atoms with Crippen LogP contribution >= 0.6 is 11.3 Å². The van der Waals surface area contributed by atoms with Crippen molar-refractivity contribution in [1.29, 1.82) is 0 Å². The Kier molecular flexibility index (Phi) is 8.83. The molecule has 194 valence electrons. The van der Waals surface area contributed by atoms with Crippen molar-refractivity contribution in [3.05, 3.63) is 41.3 Å². The first-order valence-corrected chi connectivity index (χ1v) is 14.3. The number of carbonyl (C=O) groups excluding carboxylic acids is 3. The van der Waals surface area contributed by atoms with Crippen LogP contribution in [0, 0.1) is 18.8 Å². The van der Waals surface area contributed by atoms with Gasteiger partial charge in [-0.3, -0.25) is 14.4 Å². The fraction of sp³-hybridized carbons (Fsp3) is 0.552. The molecular weight excluding hydrogens is 470 g/mol. The summed E-state index contributed by atoms with van der Waals surface area (Å²) in [4.78, 5) is 43.1. The van der Waals surface area contributed by atoms with Crippen LogP contribution in [0.3, 0.4) is 0 Å². The van der Waals surface area contributed by atoms with Crippen LogP contribution in [0.2, 0.25) is 0 Å². The average Bonchev–Trinajstić information content (AvgIpc) is 3.54. The van der Waals surface area contributed by atoms with Crippen molar-refractivity contribution >= 4 is 34.1 Å². The molecule has 1 aromatic carbocycles. The van der Waals surface area contributed by atoms with Crippen LogP contribution in [-0.4, -0.2) is 41.2 Å². The minimum atomic E-state index is -0.552. The Labute approximate surface area is 218 Å². The standard InChI is InChI=1S/C29H39N3O3S/c1-4-19(2)26(33)30-25(22-14-9-6-10-15-22)29(35)32-17-11-16-24(32)27(34)31-28-23(18-20(3)36-28)21-12-7-5-8-13-21/h5,7-8,12-13,18-19,22,24-25H,4,6,9-11,14-17H2,1-3H3,(H,30,33)(H,31,34)/t19-,24+,25+/m1/s1. The maximum atomic E-state index is 13.9. The molecule has 1 saturated heterocycles. The third-order valence-corrected chi connectivity index (χ3v) is 8.73. The first-order valence-electron chi connectivity index (χ1n) is 13.5. The van der Waals surface area contributed by atoms with E-state index in [9.17, 15) is 14.4 Å². The van der Waals surface area contributed by atoms with Gasteiger partial charge in [-0.25, -0.2) is 0 Å². The molecule has 6 nitrogen and oxygen atoms in total. The van der Waals surface area contributed by atoms with Gasteiger partial charge in [0.05, 0.1) is 0 Å². The molecule has 4 rings (SSSR count). The Morgan fingerprint density at radius 3 is 2.47 bits per heavy atom. The maximum Gasteiger partial charge on any atom is 0.247 e. The molecule has 0 unspecified atom stereocenters. The van der Waals surface area contributed by atoms with Crippen molar-refractivity contribution in [3.63, 3.8) is 0 Å². The van der Waals surface area contributed by atoms with E-state index in [1.54, 1.807) is 16.2 Å². The molecule has 1 aliphatic heterocycles. The van der Waals surface area contributed by atoms with Crippen molar-refractivity contribution in [2.75, 3.05) is 11.9 Å². The smallest absolute Gasteiger partial charge is 0.247 e. The Morgan fingerprint density at radius 1 is 1.06 bits per heavy atom. The van der Waals surface area contributed by atoms with Gasteiger partial charge in [-0.1, -0.05) is 63.4 Å². The van der Waals surface area contributed by atoms with Gasteiger partial charge in [-0.05, 0) is 56.6 Å². The minimum Gasteiger partial charge on any atom is -0.344 e. The summed E-state index contributed by atoms with van der Waals surface area (Å²) in [7, 11) is 0. The molecule has 0 bridgehead atoms. The fourth-order valence-electron chi connectivity index (χ4n) is 5.45. The Bertz CT molecular complexity index is 1060. The summed E-state index contributed by atoms with van der Waals surface area (Å²) < 4.78 is 0. The highest BCUT2D eigenvalue weighted by atomic mass is 32.1. The van der Waals surface area contributed by atoms with Gasteiger partial charge in [0.15, 0.2) is 0 Å². The van der Waals surface area contributed by atoms with Crippen molar-refractivity contribution in [3.8, 4) is 11.1 Å². The van der Waals surface area contributed by atoms with E-state index in [-0.39, 0.29) is 29.6 Å². The van der Waals surface area contributed by atoms with Crippen molar-refractivity contribution in [2.45, 2.75) is 84.2 Å². The van der Waals surface area contributed by atoms with E-state index in [1.807, 2.05) is 51.1 Å². The van der Waals surface area contributed by atoms with Gasteiger partial charge < -0.3 is 15.5 Å². The number of aryl methyl sites for hydroxylation is 1. The second kappa shape index (κ2) is 12.0. The summed E-state index contributed by atoms with van der Waals surface area (Å²) in [6.45, 7) is 6.47. The largest absolute Gasteiger partial charge is 0.344 e. The van der Waals surface area contributed by atoms with Gasteiger partial charge in [0.2, 0.25) is 17.7 Å². The van der Waals surface area contributed by atoms with Crippen molar-refractivity contribution in [2.24, 2.45) is 11.8 Å². The third-order valence-electron chi connectivity index (χ3n) is 7.76. The Morgan fingerprint density at radius 2 is 1.78 bits per heavy atom. The number of hydrogen-bond donors (Lipinski definition) is 2. The second-order valence-electron chi connectivity index (χ2n) is 10.3. The quantitative estimate of drug-likeness (QED) is 0.475. The first-order chi connectivity index (χ1) is 17.4. The molecule has 2 N–H and O–H groups in total. The number of nitrogens with zero attached hydrogens (tertiary/aromatic N) is 1. The van der Waals surface area contributed by atoms with Crippen LogP contribution in [-0.2, 0) is 14.4 Å². The predicted molar refractivity (Wildman–Crippen MR) is 146 cm³/mol. The van der Waals surface area contributed by atoms with E-state index in [0.717, 1.165) is 59.5 Å². The predicted octanol–water partition coefficient (Wildman–Crippen LogP) is 5.76. The highest BCUT2D eigenvalue weighted by molar-refractivity contribution is 7.16. The van der Waals surface area contributed by atoms with E-state index in [4.69, 9.17) is 0 Å². The molecule has 0 radical (unpaired) electrons. The molecule has 3 amide bonds. The number of benzene rings is 1. The maximum absolute atomic E-state index is 13.9. The second-order valence-corrected chi connectivity index (χ2v) is 11.6. The van der Waals surface area contributed by atoms with Gasteiger partial charge in [-0.2, -0.15) is 0 Å². The van der Waals surface area contributed by atoms with E-state index < -0.39 is 12.1 Å².